The van der Waals surface area contributed by atoms with Gasteiger partial charge < -0.3 is 14.9 Å². The van der Waals surface area contributed by atoms with E-state index < -0.39 is 0 Å². The van der Waals surface area contributed by atoms with Crippen molar-refractivity contribution in [3.63, 3.8) is 0 Å². The summed E-state index contributed by atoms with van der Waals surface area (Å²) in [4.78, 5) is 4.65. The first-order chi connectivity index (χ1) is 12.3. The number of aliphatic hydroxyl groups is 2. The number of pyridine rings is 1. The number of nitrogens with zero attached hydrogens (tertiary/aromatic N) is 1. The van der Waals surface area contributed by atoms with Crippen LogP contribution in [0.2, 0.25) is 0 Å². The number of aromatic nitrogens is 1. The summed E-state index contributed by atoms with van der Waals surface area (Å²) < 4.78 is 5.84. The van der Waals surface area contributed by atoms with E-state index in [4.69, 9.17) is 4.74 Å². The van der Waals surface area contributed by atoms with Crippen LogP contribution < -0.4 is 4.74 Å². The van der Waals surface area contributed by atoms with Crippen molar-refractivity contribution in [3.05, 3.63) is 46.6 Å². The molecule has 0 bridgehead atoms. The van der Waals surface area contributed by atoms with Crippen molar-refractivity contribution in [1.82, 2.24) is 4.98 Å². The Hall–Kier alpha value is -1.91. The molecule has 0 amide bonds. The summed E-state index contributed by atoms with van der Waals surface area (Å²) >= 11 is 0. The molecule has 2 aromatic rings. The van der Waals surface area contributed by atoms with Crippen molar-refractivity contribution >= 4 is 0 Å². The molecule has 0 radical (unpaired) electrons. The first kappa shape index (κ1) is 18.9. The van der Waals surface area contributed by atoms with Crippen LogP contribution in [0.5, 0.6) is 5.88 Å². The molecule has 1 aromatic heterocycles. The quantitative estimate of drug-likeness (QED) is 0.818. The molecule has 2 N–H and O–H groups in total. The highest BCUT2D eigenvalue weighted by Gasteiger charge is 2.24. The number of benzene rings is 1. The lowest BCUT2D eigenvalue weighted by atomic mass is 9.91. The molecule has 0 fully saturated rings. The van der Waals surface area contributed by atoms with Gasteiger partial charge in [0.1, 0.15) is 0 Å². The highest BCUT2D eigenvalue weighted by Crippen LogP contribution is 2.40. The molecule has 1 aromatic carbocycles. The number of fused-ring (bicyclic) bond motifs is 1. The van der Waals surface area contributed by atoms with Gasteiger partial charge in [-0.3, -0.25) is 0 Å². The fourth-order valence-corrected chi connectivity index (χ4v) is 3.66. The maximum atomic E-state index is 10.2. The summed E-state index contributed by atoms with van der Waals surface area (Å²) in [6.45, 7) is 8.82. The van der Waals surface area contributed by atoms with Gasteiger partial charge in [-0.25, -0.2) is 4.98 Å². The molecule has 140 valence electrons. The molecule has 0 spiro atoms. The summed E-state index contributed by atoms with van der Waals surface area (Å²) in [5.74, 6) is 0.630. The number of rotatable bonds is 6. The van der Waals surface area contributed by atoms with Crippen molar-refractivity contribution in [1.29, 1.82) is 0 Å². The molecule has 1 aliphatic carbocycles. The van der Waals surface area contributed by atoms with E-state index in [9.17, 15) is 10.2 Å². The molecule has 4 heteroatoms. The molecule has 4 nitrogen and oxygen atoms in total. The van der Waals surface area contributed by atoms with Crippen molar-refractivity contribution in [2.45, 2.75) is 53.1 Å². The first-order valence-corrected chi connectivity index (χ1v) is 9.34. The standard InChI is InChI=1S/C22H29NO3/c1-14-12-20(26-11-10-22(3,4)13-24)23-15(2)21(14)18-7-5-6-17-16(18)8-9-19(17)25/h5-7,12,19,24-25H,8-11,13H2,1-4H3. The van der Waals surface area contributed by atoms with Gasteiger partial charge in [0.05, 0.1) is 12.7 Å². The Morgan fingerprint density at radius 1 is 1.27 bits per heavy atom. The number of hydrogen-bond acceptors (Lipinski definition) is 4. The minimum Gasteiger partial charge on any atom is -0.478 e. The third kappa shape index (κ3) is 3.76. The maximum Gasteiger partial charge on any atom is 0.213 e. The first-order valence-electron chi connectivity index (χ1n) is 9.34. The predicted molar refractivity (Wildman–Crippen MR) is 103 cm³/mol. The Balaban J connectivity index is 1.85. The molecule has 1 unspecified atom stereocenters. The molecular weight excluding hydrogens is 326 g/mol. The van der Waals surface area contributed by atoms with E-state index in [2.05, 4.69) is 18.0 Å². The van der Waals surface area contributed by atoms with Crippen LogP contribution in [0, 0.1) is 19.3 Å². The lowest BCUT2D eigenvalue weighted by Crippen LogP contribution is -2.20. The molecular formula is C22H29NO3. The predicted octanol–water partition coefficient (Wildman–Crippen LogP) is 4.13. The Labute approximate surface area is 155 Å². The zero-order valence-corrected chi connectivity index (χ0v) is 16.2. The zero-order valence-electron chi connectivity index (χ0n) is 16.2. The lowest BCUT2D eigenvalue weighted by Gasteiger charge is -2.21. The number of ether oxygens (including phenoxy) is 1. The Kier molecular flexibility index (Phi) is 5.35. The van der Waals surface area contributed by atoms with E-state index in [1.807, 2.05) is 39.0 Å². The van der Waals surface area contributed by atoms with Crippen LogP contribution >= 0.6 is 0 Å². The third-order valence-corrected chi connectivity index (χ3v) is 5.34. The van der Waals surface area contributed by atoms with Gasteiger partial charge in [-0.15, -0.1) is 0 Å². The third-order valence-electron chi connectivity index (χ3n) is 5.34. The molecule has 1 atom stereocenters. The van der Waals surface area contributed by atoms with Crippen LogP contribution in [0.1, 0.15) is 55.2 Å². The summed E-state index contributed by atoms with van der Waals surface area (Å²) in [5.41, 5.74) is 6.53. The maximum absolute atomic E-state index is 10.2. The van der Waals surface area contributed by atoms with Crippen molar-refractivity contribution < 1.29 is 14.9 Å². The average molecular weight is 355 g/mol. The molecule has 1 aliphatic rings. The van der Waals surface area contributed by atoms with Gasteiger partial charge in [-0.1, -0.05) is 32.0 Å². The summed E-state index contributed by atoms with van der Waals surface area (Å²) in [6.07, 6.45) is 2.12. The highest BCUT2D eigenvalue weighted by molar-refractivity contribution is 5.74. The Morgan fingerprint density at radius 2 is 2.04 bits per heavy atom. The van der Waals surface area contributed by atoms with E-state index in [0.717, 1.165) is 41.6 Å². The van der Waals surface area contributed by atoms with Gasteiger partial charge in [0.2, 0.25) is 5.88 Å². The largest absolute Gasteiger partial charge is 0.478 e. The molecule has 26 heavy (non-hydrogen) atoms. The average Bonchev–Trinajstić information content (AvgIpc) is 2.96. The number of aliphatic hydroxyl groups excluding tert-OH is 2. The SMILES string of the molecule is Cc1cc(OCCC(C)(C)CO)nc(C)c1-c1cccc2c1CCC2O. The fraction of sp³-hybridized carbons (Fsp3) is 0.500. The molecule has 3 rings (SSSR count). The van der Waals surface area contributed by atoms with Crippen molar-refractivity contribution in [3.8, 4) is 17.0 Å². The molecule has 0 saturated carbocycles. The lowest BCUT2D eigenvalue weighted by molar-refractivity contribution is 0.127. The van der Waals surface area contributed by atoms with Crippen LogP contribution in [-0.4, -0.2) is 28.4 Å². The van der Waals surface area contributed by atoms with E-state index in [-0.39, 0.29) is 18.1 Å². The van der Waals surface area contributed by atoms with Crippen LogP contribution in [0.3, 0.4) is 0 Å². The van der Waals surface area contributed by atoms with E-state index in [1.54, 1.807) is 0 Å². The molecule has 0 saturated heterocycles. The second kappa shape index (κ2) is 7.37. The number of hydrogen-bond donors (Lipinski definition) is 2. The monoisotopic (exact) mass is 355 g/mol. The van der Waals surface area contributed by atoms with Crippen molar-refractivity contribution in [2.24, 2.45) is 5.41 Å². The second-order valence-corrected chi connectivity index (χ2v) is 8.09. The topological polar surface area (TPSA) is 62.6 Å². The number of aryl methyl sites for hydroxylation is 2. The van der Waals surface area contributed by atoms with E-state index >= 15 is 0 Å². The summed E-state index contributed by atoms with van der Waals surface area (Å²) in [6, 6.07) is 8.15. The minimum absolute atomic E-state index is 0.143. The van der Waals surface area contributed by atoms with Gasteiger partial charge in [0.25, 0.3) is 0 Å². The van der Waals surface area contributed by atoms with Crippen LogP contribution in [0.4, 0.5) is 0 Å². The van der Waals surface area contributed by atoms with Crippen LogP contribution in [0.25, 0.3) is 11.1 Å². The highest BCUT2D eigenvalue weighted by atomic mass is 16.5. The molecule has 0 aliphatic heterocycles. The van der Waals surface area contributed by atoms with Gasteiger partial charge in [-0.05, 0) is 60.8 Å². The summed E-state index contributed by atoms with van der Waals surface area (Å²) in [7, 11) is 0. The Bertz CT molecular complexity index is 775. The van der Waals surface area contributed by atoms with Gasteiger partial charge >= 0.3 is 0 Å². The smallest absolute Gasteiger partial charge is 0.213 e. The normalized spacial score (nSPS) is 16.6. The second-order valence-electron chi connectivity index (χ2n) is 8.09. The molecule has 1 heterocycles. The van der Waals surface area contributed by atoms with Gasteiger partial charge in [0, 0.05) is 23.9 Å². The minimum atomic E-state index is -0.351. The van der Waals surface area contributed by atoms with Gasteiger partial charge in [-0.2, -0.15) is 0 Å². The van der Waals surface area contributed by atoms with E-state index in [1.165, 1.54) is 11.1 Å². The van der Waals surface area contributed by atoms with E-state index in [0.29, 0.717) is 12.5 Å². The van der Waals surface area contributed by atoms with Crippen LogP contribution in [0.15, 0.2) is 24.3 Å². The van der Waals surface area contributed by atoms with Crippen molar-refractivity contribution in [2.75, 3.05) is 13.2 Å². The fourth-order valence-electron chi connectivity index (χ4n) is 3.66. The summed E-state index contributed by atoms with van der Waals surface area (Å²) in [5, 5.41) is 19.5. The Morgan fingerprint density at radius 3 is 2.73 bits per heavy atom. The van der Waals surface area contributed by atoms with Gasteiger partial charge in [0.15, 0.2) is 0 Å². The zero-order chi connectivity index (χ0) is 18.9. The van der Waals surface area contributed by atoms with Crippen LogP contribution in [-0.2, 0) is 6.42 Å².